The molecule has 7 heteroatoms. The fourth-order valence-corrected chi connectivity index (χ4v) is 4.63. The van der Waals surface area contributed by atoms with Gasteiger partial charge in [0.15, 0.2) is 0 Å². The third-order valence-electron chi connectivity index (χ3n) is 6.33. The monoisotopic (exact) mass is 405 g/mol. The van der Waals surface area contributed by atoms with E-state index < -0.39 is 0 Å². The number of fused-ring (bicyclic) bond motifs is 2. The molecule has 2 aliphatic heterocycles. The Hall–Kier alpha value is -2.93. The van der Waals surface area contributed by atoms with Crippen molar-refractivity contribution in [2.45, 2.75) is 44.1 Å². The molecule has 0 saturated carbocycles. The van der Waals surface area contributed by atoms with Crippen molar-refractivity contribution in [1.29, 1.82) is 0 Å². The molecular formula is C23H27N5O2. The molecule has 5 rings (SSSR count). The number of hydrogen-bond donors (Lipinski definition) is 1. The number of ether oxygens (including phenoxy) is 1. The summed E-state index contributed by atoms with van der Waals surface area (Å²) in [4.78, 5) is 14.7. The summed E-state index contributed by atoms with van der Waals surface area (Å²) in [6.07, 6.45) is 10.7. The first-order valence-electron chi connectivity index (χ1n) is 10.8. The molecule has 4 heterocycles. The van der Waals surface area contributed by atoms with E-state index in [1.807, 2.05) is 40.2 Å². The zero-order valence-corrected chi connectivity index (χ0v) is 17.1. The highest BCUT2D eigenvalue weighted by Gasteiger charge is 2.44. The SMILES string of the molecule is O=C(CCCc1cn[nH]c1)N1CCC2(CC1)OCCc1cn(-c3ccccc3)nc12. The third kappa shape index (κ3) is 3.65. The summed E-state index contributed by atoms with van der Waals surface area (Å²) >= 11 is 0. The molecule has 7 nitrogen and oxygen atoms in total. The molecule has 1 N–H and O–H groups in total. The van der Waals surface area contributed by atoms with Crippen LogP contribution in [0.1, 0.15) is 42.5 Å². The quantitative estimate of drug-likeness (QED) is 0.708. The Labute approximate surface area is 176 Å². The van der Waals surface area contributed by atoms with Crippen LogP contribution in [0.2, 0.25) is 0 Å². The lowest BCUT2D eigenvalue weighted by Crippen LogP contribution is -2.48. The number of benzene rings is 1. The van der Waals surface area contributed by atoms with Crippen molar-refractivity contribution in [2.75, 3.05) is 19.7 Å². The van der Waals surface area contributed by atoms with E-state index in [4.69, 9.17) is 9.84 Å². The number of carbonyl (C=O) groups is 1. The molecule has 156 valence electrons. The molecule has 0 unspecified atom stereocenters. The molecule has 0 atom stereocenters. The number of likely N-dealkylation sites (tertiary alicyclic amines) is 1. The number of hydrogen-bond acceptors (Lipinski definition) is 4. The van der Waals surface area contributed by atoms with Crippen LogP contribution in [-0.2, 0) is 28.0 Å². The van der Waals surface area contributed by atoms with Gasteiger partial charge in [-0.1, -0.05) is 18.2 Å². The minimum Gasteiger partial charge on any atom is -0.368 e. The number of amides is 1. The average molecular weight is 406 g/mol. The summed E-state index contributed by atoms with van der Waals surface area (Å²) in [5.41, 5.74) is 4.18. The molecule has 1 fully saturated rings. The Morgan fingerprint density at radius 1 is 1.20 bits per heavy atom. The minimum absolute atomic E-state index is 0.235. The first-order chi connectivity index (χ1) is 14.7. The number of piperidine rings is 1. The standard InChI is InChI=1S/C23H27N5O2/c29-21(8-4-5-18-15-24-25-16-18)27-12-10-23(11-13-27)22-19(9-14-30-23)17-28(26-22)20-6-2-1-3-7-20/h1-3,6-7,15-17H,4-5,8-14H2,(H,24,25). The zero-order valence-electron chi connectivity index (χ0n) is 17.1. The highest BCUT2D eigenvalue weighted by atomic mass is 16.5. The predicted octanol–water partition coefficient (Wildman–Crippen LogP) is 3.01. The second-order valence-electron chi connectivity index (χ2n) is 8.22. The number of aromatic amines is 1. The van der Waals surface area contributed by atoms with Crippen LogP contribution in [0.4, 0.5) is 0 Å². The molecule has 1 saturated heterocycles. The first kappa shape index (κ1) is 19.1. The summed E-state index contributed by atoms with van der Waals surface area (Å²) in [7, 11) is 0. The average Bonchev–Trinajstić information content (AvgIpc) is 3.46. The minimum atomic E-state index is -0.360. The van der Waals surface area contributed by atoms with E-state index >= 15 is 0 Å². The molecule has 3 aromatic rings. The van der Waals surface area contributed by atoms with Crippen molar-refractivity contribution in [3.8, 4) is 5.69 Å². The van der Waals surface area contributed by atoms with Crippen LogP contribution in [0, 0.1) is 0 Å². The largest absolute Gasteiger partial charge is 0.368 e. The van der Waals surface area contributed by atoms with Gasteiger partial charge < -0.3 is 9.64 Å². The molecule has 2 aromatic heterocycles. The molecular weight excluding hydrogens is 378 g/mol. The van der Waals surface area contributed by atoms with Crippen LogP contribution < -0.4 is 0 Å². The first-order valence-corrected chi connectivity index (χ1v) is 10.8. The Morgan fingerprint density at radius 3 is 2.80 bits per heavy atom. The van der Waals surface area contributed by atoms with Gasteiger partial charge in [0.1, 0.15) is 5.60 Å². The number of H-pyrrole nitrogens is 1. The maximum absolute atomic E-state index is 12.7. The van der Waals surface area contributed by atoms with E-state index in [9.17, 15) is 4.79 Å². The lowest BCUT2D eigenvalue weighted by Gasteiger charge is -2.43. The Balaban J connectivity index is 1.24. The van der Waals surface area contributed by atoms with Crippen LogP contribution >= 0.6 is 0 Å². The lowest BCUT2D eigenvalue weighted by atomic mass is 9.83. The van der Waals surface area contributed by atoms with Gasteiger partial charge in [0.25, 0.3) is 0 Å². The number of aryl methyl sites for hydroxylation is 1. The van der Waals surface area contributed by atoms with Gasteiger partial charge in [-0.3, -0.25) is 9.89 Å². The van der Waals surface area contributed by atoms with Crippen molar-refractivity contribution in [1.82, 2.24) is 24.9 Å². The number of carbonyl (C=O) groups excluding carboxylic acids is 1. The molecule has 2 aliphatic rings. The maximum Gasteiger partial charge on any atom is 0.222 e. The second-order valence-corrected chi connectivity index (χ2v) is 8.22. The number of para-hydroxylation sites is 1. The topological polar surface area (TPSA) is 76.0 Å². The van der Waals surface area contributed by atoms with E-state index in [1.54, 1.807) is 0 Å². The lowest BCUT2D eigenvalue weighted by molar-refractivity contribution is -0.141. The van der Waals surface area contributed by atoms with Crippen molar-refractivity contribution in [3.63, 3.8) is 0 Å². The summed E-state index contributed by atoms with van der Waals surface area (Å²) in [5.74, 6) is 0.235. The number of aromatic nitrogens is 4. The van der Waals surface area contributed by atoms with Gasteiger partial charge in [-0.15, -0.1) is 0 Å². The maximum atomic E-state index is 12.7. The van der Waals surface area contributed by atoms with Gasteiger partial charge in [-0.05, 0) is 55.4 Å². The van der Waals surface area contributed by atoms with Crippen LogP contribution in [0.5, 0.6) is 0 Å². The van der Waals surface area contributed by atoms with Gasteiger partial charge in [0.05, 0.1) is 24.2 Å². The normalized spacial score (nSPS) is 17.8. The number of rotatable bonds is 5. The van der Waals surface area contributed by atoms with Gasteiger partial charge >= 0.3 is 0 Å². The van der Waals surface area contributed by atoms with E-state index in [0.29, 0.717) is 13.0 Å². The molecule has 1 amide bonds. The summed E-state index contributed by atoms with van der Waals surface area (Å²) < 4.78 is 8.28. The van der Waals surface area contributed by atoms with Gasteiger partial charge in [-0.25, -0.2) is 4.68 Å². The second kappa shape index (κ2) is 8.07. The van der Waals surface area contributed by atoms with Crippen LogP contribution in [0.15, 0.2) is 48.9 Å². The molecule has 0 radical (unpaired) electrons. The van der Waals surface area contributed by atoms with Crippen molar-refractivity contribution < 1.29 is 9.53 Å². The zero-order chi connectivity index (χ0) is 20.4. The van der Waals surface area contributed by atoms with Crippen LogP contribution in [0.25, 0.3) is 5.69 Å². The van der Waals surface area contributed by atoms with Crippen LogP contribution in [-0.4, -0.2) is 50.5 Å². The third-order valence-corrected chi connectivity index (χ3v) is 6.33. The molecule has 0 aliphatic carbocycles. The van der Waals surface area contributed by atoms with Gasteiger partial charge in [0, 0.05) is 31.9 Å². The molecule has 1 aromatic carbocycles. The summed E-state index contributed by atoms with van der Waals surface area (Å²) in [6, 6.07) is 10.2. The van der Waals surface area contributed by atoms with E-state index in [2.05, 4.69) is 28.5 Å². The van der Waals surface area contributed by atoms with Gasteiger partial charge in [0.2, 0.25) is 5.91 Å². The van der Waals surface area contributed by atoms with E-state index in [1.165, 1.54) is 5.56 Å². The molecule has 30 heavy (non-hydrogen) atoms. The van der Waals surface area contributed by atoms with Crippen molar-refractivity contribution in [2.24, 2.45) is 0 Å². The highest BCUT2D eigenvalue weighted by Crippen LogP contribution is 2.41. The van der Waals surface area contributed by atoms with Crippen LogP contribution in [0.3, 0.4) is 0 Å². The molecule has 1 spiro atoms. The Bertz CT molecular complexity index is 988. The fourth-order valence-electron chi connectivity index (χ4n) is 4.63. The Morgan fingerprint density at radius 2 is 2.03 bits per heavy atom. The molecule has 0 bridgehead atoms. The highest BCUT2D eigenvalue weighted by molar-refractivity contribution is 5.76. The summed E-state index contributed by atoms with van der Waals surface area (Å²) in [5, 5.41) is 11.7. The van der Waals surface area contributed by atoms with E-state index in [-0.39, 0.29) is 11.5 Å². The smallest absolute Gasteiger partial charge is 0.222 e. The number of nitrogens with zero attached hydrogens (tertiary/aromatic N) is 4. The summed E-state index contributed by atoms with van der Waals surface area (Å²) in [6.45, 7) is 2.16. The predicted molar refractivity (Wildman–Crippen MR) is 112 cm³/mol. The van der Waals surface area contributed by atoms with Crippen molar-refractivity contribution >= 4 is 5.91 Å². The van der Waals surface area contributed by atoms with Crippen molar-refractivity contribution in [3.05, 3.63) is 65.7 Å². The fraction of sp³-hybridized carbons (Fsp3) is 0.435. The Kier molecular flexibility index (Phi) is 5.12. The van der Waals surface area contributed by atoms with E-state index in [0.717, 1.165) is 62.1 Å². The van der Waals surface area contributed by atoms with Gasteiger partial charge in [-0.2, -0.15) is 10.2 Å². The number of nitrogens with one attached hydrogen (secondary N) is 1.